The van der Waals surface area contributed by atoms with E-state index >= 15 is 0 Å². The topological polar surface area (TPSA) is 26.3 Å². The van der Waals surface area contributed by atoms with E-state index in [4.69, 9.17) is 16.3 Å². The van der Waals surface area contributed by atoms with Gasteiger partial charge in [0.25, 0.3) is 0 Å². The Labute approximate surface area is 88.8 Å². The predicted octanol–water partition coefficient (Wildman–Crippen LogP) is 3.06. The summed E-state index contributed by atoms with van der Waals surface area (Å²) in [6.07, 6.45) is 0. The summed E-state index contributed by atoms with van der Waals surface area (Å²) in [7, 11) is 0. The third kappa shape index (κ3) is 3.04. The third-order valence-corrected chi connectivity index (χ3v) is 2.35. The number of ether oxygens (including phenoxy) is 1. The summed E-state index contributed by atoms with van der Waals surface area (Å²) in [5.41, 5.74) is -0.0403. The molecule has 14 heavy (non-hydrogen) atoms. The molecule has 1 aromatic rings. The summed E-state index contributed by atoms with van der Waals surface area (Å²) >= 11 is 5.82. The Kier molecular flexibility index (Phi) is 3.96. The molecule has 1 atom stereocenters. The second-order valence-corrected chi connectivity index (χ2v) is 3.80. The average Bonchev–Trinajstić information content (AvgIpc) is 2.19. The van der Waals surface area contributed by atoms with Crippen molar-refractivity contribution in [1.29, 1.82) is 0 Å². The van der Waals surface area contributed by atoms with Gasteiger partial charge >= 0.3 is 5.97 Å². The number of hydrogen-bond acceptors (Lipinski definition) is 2. The highest BCUT2D eigenvalue weighted by atomic mass is 35.5. The summed E-state index contributed by atoms with van der Waals surface area (Å²) in [5, 5.41) is 0. The number of alkyl halides is 1. The third-order valence-electron chi connectivity index (χ3n) is 1.75. The van der Waals surface area contributed by atoms with Gasteiger partial charge in [-0.25, -0.2) is 4.79 Å². The molecule has 0 saturated heterocycles. The van der Waals surface area contributed by atoms with Crippen molar-refractivity contribution >= 4 is 17.6 Å². The molecule has 76 valence electrons. The van der Waals surface area contributed by atoms with Gasteiger partial charge in [-0.15, -0.1) is 0 Å². The molecule has 0 N–H and O–H groups in total. The van der Waals surface area contributed by atoms with Crippen LogP contribution in [0.4, 0.5) is 0 Å². The maximum Gasteiger partial charge on any atom is 0.339 e. The van der Waals surface area contributed by atoms with E-state index in [-0.39, 0.29) is 11.9 Å². The lowest BCUT2D eigenvalue weighted by Crippen LogP contribution is -2.17. The first-order valence-electron chi connectivity index (χ1n) is 4.51. The minimum absolute atomic E-state index is 0.115. The SMILES string of the molecule is CC(C)C(Cl)OC(=O)c1ccccc1. The Morgan fingerprint density at radius 2 is 1.86 bits per heavy atom. The summed E-state index contributed by atoms with van der Waals surface area (Å²) in [5.74, 6) is -0.261. The Bertz CT molecular complexity index is 295. The molecular weight excluding hydrogens is 200 g/mol. The van der Waals surface area contributed by atoms with Gasteiger partial charge in [-0.2, -0.15) is 0 Å². The standard InChI is InChI=1S/C11H13ClO2/c1-8(2)10(12)14-11(13)9-6-4-3-5-7-9/h3-8,10H,1-2H3. The zero-order valence-electron chi connectivity index (χ0n) is 8.24. The van der Waals surface area contributed by atoms with Gasteiger partial charge in [0.1, 0.15) is 0 Å². The first kappa shape index (κ1) is 11.1. The maximum absolute atomic E-state index is 11.5. The minimum Gasteiger partial charge on any atom is -0.442 e. The van der Waals surface area contributed by atoms with E-state index in [9.17, 15) is 4.79 Å². The van der Waals surface area contributed by atoms with Gasteiger partial charge in [0.15, 0.2) is 5.56 Å². The maximum atomic E-state index is 11.5. The molecule has 0 aliphatic rings. The normalized spacial score (nSPS) is 12.6. The quantitative estimate of drug-likeness (QED) is 0.569. The van der Waals surface area contributed by atoms with E-state index in [2.05, 4.69) is 0 Å². The van der Waals surface area contributed by atoms with Crippen LogP contribution in [0.5, 0.6) is 0 Å². The first-order valence-corrected chi connectivity index (χ1v) is 4.95. The van der Waals surface area contributed by atoms with E-state index in [1.54, 1.807) is 24.3 Å². The second kappa shape index (κ2) is 5.01. The monoisotopic (exact) mass is 212 g/mol. The molecule has 1 rings (SSSR count). The molecule has 0 fully saturated rings. The molecule has 2 nitrogen and oxygen atoms in total. The number of benzene rings is 1. The van der Waals surface area contributed by atoms with Gasteiger partial charge in [0.2, 0.25) is 0 Å². The lowest BCUT2D eigenvalue weighted by atomic mass is 10.2. The molecule has 0 saturated carbocycles. The zero-order chi connectivity index (χ0) is 10.6. The number of carbonyl (C=O) groups excluding carboxylic acids is 1. The van der Waals surface area contributed by atoms with E-state index in [0.717, 1.165) is 0 Å². The van der Waals surface area contributed by atoms with Crippen LogP contribution in [0, 0.1) is 5.92 Å². The van der Waals surface area contributed by atoms with Crippen LogP contribution in [-0.2, 0) is 4.74 Å². The minimum atomic E-state index is -0.567. The van der Waals surface area contributed by atoms with Crippen molar-refractivity contribution in [2.75, 3.05) is 0 Å². The van der Waals surface area contributed by atoms with Crippen LogP contribution in [-0.4, -0.2) is 11.5 Å². The highest BCUT2D eigenvalue weighted by Gasteiger charge is 2.15. The number of carbonyl (C=O) groups is 1. The molecule has 0 aromatic heterocycles. The summed E-state index contributed by atoms with van der Waals surface area (Å²) in [6, 6.07) is 8.82. The van der Waals surface area contributed by atoms with Crippen molar-refractivity contribution in [3.05, 3.63) is 35.9 Å². The van der Waals surface area contributed by atoms with Gasteiger partial charge < -0.3 is 4.74 Å². The fraction of sp³-hybridized carbons (Fsp3) is 0.364. The molecule has 0 radical (unpaired) electrons. The Morgan fingerprint density at radius 1 is 1.29 bits per heavy atom. The Morgan fingerprint density at radius 3 is 2.36 bits per heavy atom. The number of hydrogen-bond donors (Lipinski definition) is 0. The van der Waals surface area contributed by atoms with Crippen molar-refractivity contribution in [2.24, 2.45) is 5.92 Å². The zero-order valence-corrected chi connectivity index (χ0v) is 8.99. The summed E-state index contributed by atoms with van der Waals surface area (Å²) in [6.45, 7) is 3.80. The number of halogens is 1. The lowest BCUT2D eigenvalue weighted by molar-refractivity contribution is 0.0380. The van der Waals surface area contributed by atoms with Gasteiger partial charge in [-0.3, -0.25) is 0 Å². The Hall–Kier alpha value is -1.02. The summed E-state index contributed by atoms with van der Waals surface area (Å²) < 4.78 is 5.02. The van der Waals surface area contributed by atoms with Crippen LogP contribution in [0.3, 0.4) is 0 Å². The predicted molar refractivity (Wildman–Crippen MR) is 56.3 cm³/mol. The number of rotatable bonds is 3. The van der Waals surface area contributed by atoms with E-state index in [0.29, 0.717) is 5.56 Å². The van der Waals surface area contributed by atoms with E-state index in [1.165, 1.54) is 0 Å². The highest BCUT2D eigenvalue weighted by molar-refractivity contribution is 6.20. The van der Waals surface area contributed by atoms with Crippen LogP contribution in [0.1, 0.15) is 24.2 Å². The highest BCUT2D eigenvalue weighted by Crippen LogP contribution is 2.13. The smallest absolute Gasteiger partial charge is 0.339 e. The average molecular weight is 213 g/mol. The molecule has 0 amide bonds. The van der Waals surface area contributed by atoms with Crippen LogP contribution < -0.4 is 0 Å². The molecular formula is C11H13ClO2. The van der Waals surface area contributed by atoms with Gasteiger partial charge in [0.05, 0.1) is 5.56 Å². The van der Waals surface area contributed by atoms with Gasteiger partial charge in [-0.05, 0) is 12.1 Å². The molecule has 0 aliphatic heterocycles. The molecule has 0 aliphatic carbocycles. The molecule has 0 spiro atoms. The second-order valence-electron chi connectivity index (χ2n) is 3.37. The van der Waals surface area contributed by atoms with Crippen molar-refractivity contribution in [3.63, 3.8) is 0 Å². The molecule has 1 unspecified atom stereocenters. The van der Waals surface area contributed by atoms with Crippen LogP contribution in [0.25, 0.3) is 0 Å². The number of esters is 1. The van der Waals surface area contributed by atoms with Crippen LogP contribution >= 0.6 is 11.6 Å². The fourth-order valence-electron chi connectivity index (χ4n) is 0.881. The van der Waals surface area contributed by atoms with Crippen LogP contribution in [0.2, 0.25) is 0 Å². The Balaban J connectivity index is 2.60. The molecule has 0 heterocycles. The first-order chi connectivity index (χ1) is 6.61. The van der Waals surface area contributed by atoms with Crippen molar-refractivity contribution < 1.29 is 9.53 Å². The lowest BCUT2D eigenvalue weighted by Gasteiger charge is -2.14. The van der Waals surface area contributed by atoms with E-state index in [1.807, 2.05) is 19.9 Å². The van der Waals surface area contributed by atoms with Crippen molar-refractivity contribution in [3.8, 4) is 0 Å². The molecule has 0 bridgehead atoms. The van der Waals surface area contributed by atoms with Crippen molar-refractivity contribution in [1.82, 2.24) is 0 Å². The summed E-state index contributed by atoms with van der Waals surface area (Å²) in [4.78, 5) is 11.5. The molecule has 3 heteroatoms. The van der Waals surface area contributed by atoms with Gasteiger partial charge in [-0.1, -0.05) is 43.6 Å². The molecule has 1 aromatic carbocycles. The largest absolute Gasteiger partial charge is 0.442 e. The van der Waals surface area contributed by atoms with Gasteiger partial charge in [0, 0.05) is 5.92 Å². The van der Waals surface area contributed by atoms with Crippen molar-refractivity contribution in [2.45, 2.75) is 19.4 Å². The van der Waals surface area contributed by atoms with E-state index < -0.39 is 5.56 Å². The fourth-order valence-corrected chi connectivity index (χ4v) is 0.962. The van der Waals surface area contributed by atoms with Crippen LogP contribution in [0.15, 0.2) is 30.3 Å².